The molecule has 3 nitrogen and oxygen atoms in total. The molecule has 2 heterocycles. The normalized spacial score (nSPS) is 18.1. The van der Waals surface area contributed by atoms with Gasteiger partial charge in [-0.2, -0.15) is 0 Å². The number of hydrogen-bond acceptors (Lipinski definition) is 3. The fraction of sp³-hybridized carbons (Fsp3) is 0.0714. The Morgan fingerprint density at radius 2 is 1.20 bits per heavy atom. The second-order valence-corrected chi connectivity index (χ2v) is 15.9. The highest BCUT2D eigenvalue weighted by atomic mass is 16.5. The molecule has 2 aliphatic carbocycles. The summed E-state index contributed by atoms with van der Waals surface area (Å²) in [5.41, 5.74) is 12.7. The van der Waals surface area contributed by atoms with Gasteiger partial charge in [0.1, 0.15) is 23.0 Å². The van der Waals surface area contributed by atoms with Gasteiger partial charge in [0.15, 0.2) is 0 Å². The van der Waals surface area contributed by atoms with Gasteiger partial charge in [0, 0.05) is 39.2 Å². The molecular weight excluding hydrogens is 719 g/mol. The molecule has 0 saturated carbocycles. The predicted molar refractivity (Wildman–Crippen MR) is 245 cm³/mol. The first-order valence-electron chi connectivity index (χ1n) is 20.6. The van der Waals surface area contributed by atoms with E-state index in [-0.39, 0.29) is 18.1 Å². The van der Waals surface area contributed by atoms with Gasteiger partial charge in [-0.05, 0) is 104 Å². The van der Waals surface area contributed by atoms with Crippen molar-refractivity contribution in [3.8, 4) is 16.9 Å². The molecule has 1 aromatic heterocycles. The molecule has 3 unspecified atom stereocenters. The molecule has 0 fully saturated rings. The molecular formula is C56H39NO2. The quantitative estimate of drug-likeness (QED) is 0.169. The predicted octanol–water partition coefficient (Wildman–Crippen LogP) is 14.6. The van der Waals surface area contributed by atoms with Crippen LogP contribution >= 0.6 is 0 Å². The summed E-state index contributed by atoms with van der Waals surface area (Å²) in [6.07, 6.45) is 14.9. The lowest BCUT2D eigenvalue weighted by Gasteiger charge is -2.35. The molecule has 1 aliphatic heterocycles. The van der Waals surface area contributed by atoms with E-state index in [1.54, 1.807) is 0 Å². The van der Waals surface area contributed by atoms with Gasteiger partial charge in [-0.15, -0.1) is 0 Å². The van der Waals surface area contributed by atoms with E-state index in [0.29, 0.717) is 0 Å². The minimum Gasteiger partial charge on any atom is -0.485 e. The van der Waals surface area contributed by atoms with Crippen molar-refractivity contribution in [1.29, 1.82) is 0 Å². The van der Waals surface area contributed by atoms with Crippen LogP contribution in [0.1, 0.15) is 29.0 Å². The topological polar surface area (TPSA) is 25.6 Å². The van der Waals surface area contributed by atoms with Crippen LogP contribution < -0.4 is 9.64 Å². The standard InChI is InChI=1S/C56H39NO2/c1-2-13-40-35-55-50(33-39(40)12-1)49-34-41(27-32-53(49)59-55)46-16-5-7-20-51(46)57(42-28-23-37(24-29-42)45-18-9-14-36-11-3-4-15-44(36)45)43-30-25-38(26-31-43)47-19-10-22-54-56(47)48-17-6-8-21-52(48)58-54/h1-28,30-35,42,49,53H,29H2. The minimum atomic E-state index is -0.0166. The highest BCUT2D eigenvalue weighted by Crippen LogP contribution is 2.47. The summed E-state index contributed by atoms with van der Waals surface area (Å²) in [5, 5.41) is 7.28. The molecule has 0 saturated heterocycles. The van der Waals surface area contributed by atoms with Crippen LogP contribution in [0, 0.1) is 0 Å². The van der Waals surface area contributed by atoms with Gasteiger partial charge in [-0.25, -0.2) is 0 Å². The lowest BCUT2D eigenvalue weighted by atomic mass is 9.85. The number of para-hydroxylation sites is 2. The van der Waals surface area contributed by atoms with Crippen molar-refractivity contribution < 1.29 is 9.15 Å². The fourth-order valence-electron chi connectivity index (χ4n) is 9.70. The zero-order chi connectivity index (χ0) is 38.9. The molecule has 12 rings (SSSR count). The molecule has 0 bridgehead atoms. The van der Waals surface area contributed by atoms with Gasteiger partial charge in [-0.3, -0.25) is 0 Å². The van der Waals surface area contributed by atoms with Gasteiger partial charge in [-0.1, -0.05) is 158 Å². The van der Waals surface area contributed by atoms with Gasteiger partial charge in [0.2, 0.25) is 0 Å². The highest BCUT2D eigenvalue weighted by molar-refractivity contribution is 6.12. The molecule has 0 spiro atoms. The maximum absolute atomic E-state index is 6.55. The Morgan fingerprint density at radius 3 is 2.07 bits per heavy atom. The third kappa shape index (κ3) is 5.65. The third-order valence-electron chi connectivity index (χ3n) is 12.5. The summed E-state index contributed by atoms with van der Waals surface area (Å²) in [6, 6.07) is 61.2. The van der Waals surface area contributed by atoms with Crippen LogP contribution in [0.3, 0.4) is 0 Å². The molecule has 3 atom stereocenters. The van der Waals surface area contributed by atoms with Crippen LogP contribution in [-0.4, -0.2) is 12.1 Å². The number of ether oxygens (including phenoxy) is 1. The molecule has 0 N–H and O–H groups in total. The van der Waals surface area contributed by atoms with Crippen molar-refractivity contribution in [1.82, 2.24) is 0 Å². The molecule has 3 heteroatoms. The minimum absolute atomic E-state index is 0.0166. The Bertz CT molecular complexity index is 3250. The van der Waals surface area contributed by atoms with Crippen LogP contribution in [0.4, 0.5) is 11.4 Å². The summed E-state index contributed by atoms with van der Waals surface area (Å²) < 4.78 is 12.8. The van der Waals surface area contributed by atoms with E-state index in [0.717, 1.165) is 45.4 Å². The number of benzene rings is 8. The fourth-order valence-corrected chi connectivity index (χ4v) is 9.70. The van der Waals surface area contributed by atoms with Crippen LogP contribution in [0.15, 0.2) is 211 Å². The van der Waals surface area contributed by atoms with Gasteiger partial charge < -0.3 is 14.1 Å². The lowest BCUT2D eigenvalue weighted by molar-refractivity contribution is 0.269. The Morgan fingerprint density at radius 1 is 0.525 bits per heavy atom. The zero-order valence-corrected chi connectivity index (χ0v) is 32.3. The number of fused-ring (bicyclic) bond motifs is 8. The lowest BCUT2D eigenvalue weighted by Crippen LogP contribution is -2.31. The number of hydrogen-bond donors (Lipinski definition) is 0. The summed E-state index contributed by atoms with van der Waals surface area (Å²) in [5.74, 6) is 1.12. The number of nitrogens with zero attached hydrogens (tertiary/aromatic N) is 1. The Balaban J connectivity index is 0.958. The van der Waals surface area contributed by atoms with E-state index in [4.69, 9.17) is 9.15 Å². The molecule has 280 valence electrons. The third-order valence-corrected chi connectivity index (χ3v) is 12.5. The van der Waals surface area contributed by atoms with Crippen molar-refractivity contribution in [3.63, 3.8) is 0 Å². The summed E-state index contributed by atoms with van der Waals surface area (Å²) in [7, 11) is 0. The maximum Gasteiger partial charge on any atom is 0.136 e. The zero-order valence-electron chi connectivity index (χ0n) is 32.3. The number of allylic oxidation sites excluding steroid dienone is 4. The molecule has 3 aliphatic rings. The van der Waals surface area contributed by atoms with E-state index in [9.17, 15) is 0 Å². The second-order valence-electron chi connectivity index (χ2n) is 15.9. The molecule has 0 amide bonds. The monoisotopic (exact) mass is 757 g/mol. The Hall–Kier alpha value is -7.36. The number of rotatable bonds is 6. The average molecular weight is 758 g/mol. The van der Waals surface area contributed by atoms with Crippen LogP contribution in [0.5, 0.6) is 5.75 Å². The van der Waals surface area contributed by atoms with Gasteiger partial charge in [0.05, 0.1) is 6.04 Å². The van der Waals surface area contributed by atoms with E-state index < -0.39 is 0 Å². The van der Waals surface area contributed by atoms with Crippen LogP contribution in [-0.2, 0) is 0 Å². The largest absolute Gasteiger partial charge is 0.485 e. The summed E-state index contributed by atoms with van der Waals surface area (Å²) in [4.78, 5) is 2.53. The van der Waals surface area contributed by atoms with Crippen molar-refractivity contribution in [2.45, 2.75) is 24.5 Å². The van der Waals surface area contributed by atoms with E-state index in [1.165, 1.54) is 60.6 Å². The van der Waals surface area contributed by atoms with Crippen molar-refractivity contribution >= 4 is 66.0 Å². The maximum atomic E-state index is 6.55. The van der Waals surface area contributed by atoms with Crippen molar-refractivity contribution in [3.05, 3.63) is 223 Å². The Kier molecular flexibility index (Phi) is 7.80. The number of furan rings is 1. The van der Waals surface area contributed by atoms with E-state index in [1.807, 2.05) is 12.1 Å². The van der Waals surface area contributed by atoms with Crippen molar-refractivity contribution in [2.24, 2.45) is 0 Å². The van der Waals surface area contributed by atoms with E-state index in [2.05, 4.69) is 199 Å². The average Bonchev–Trinajstić information content (AvgIpc) is 3.86. The van der Waals surface area contributed by atoms with Crippen LogP contribution in [0.25, 0.3) is 65.8 Å². The first kappa shape index (κ1) is 33.7. The second kappa shape index (κ2) is 13.6. The smallest absolute Gasteiger partial charge is 0.136 e. The van der Waals surface area contributed by atoms with Gasteiger partial charge >= 0.3 is 0 Å². The number of anilines is 2. The first-order valence-corrected chi connectivity index (χ1v) is 20.6. The summed E-state index contributed by atoms with van der Waals surface area (Å²) >= 11 is 0. The SMILES string of the molecule is C1=CC2Oc3cc4ccccc4cc3C2C=C1c1ccccc1N(c1ccc(-c2cccc3oc4ccccc4c23)cc1)C1C=CC(c2cccc3ccccc23)=CC1. The first-order chi connectivity index (χ1) is 29.2. The highest BCUT2D eigenvalue weighted by Gasteiger charge is 2.34. The van der Waals surface area contributed by atoms with E-state index >= 15 is 0 Å². The van der Waals surface area contributed by atoms with Crippen molar-refractivity contribution in [2.75, 3.05) is 4.90 Å². The Labute approximate surface area is 343 Å². The summed E-state index contributed by atoms with van der Waals surface area (Å²) in [6.45, 7) is 0. The molecule has 8 aromatic carbocycles. The molecule has 0 radical (unpaired) electrons. The molecule has 9 aromatic rings. The van der Waals surface area contributed by atoms with Crippen LogP contribution in [0.2, 0.25) is 0 Å². The van der Waals surface area contributed by atoms with Gasteiger partial charge in [0.25, 0.3) is 0 Å². The molecule has 59 heavy (non-hydrogen) atoms.